The minimum atomic E-state index is -0.320. The van der Waals surface area contributed by atoms with Crippen molar-refractivity contribution in [1.29, 1.82) is 0 Å². The van der Waals surface area contributed by atoms with E-state index in [0.717, 1.165) is 31.6 Å². The Bertz CT molecular complexity index is 426. The van der Waals surface area contributed by atoms with Crippen LogP contribution in [0.5, 0.6) is 5.75 Å². The molecule has 106 valence electrons. The molecule has 0 saturated carbocycles. The number of aliphatic hydroxyl groups is 1. The summed E-state index contributed by atoms with van der Waals surface area (Å²) in [4.78, 5) is 0. The Balaban J connectivity index is 1.85. The van der Waals surface area contributed by atoms with E-state index in [1.165, 1.54) is 11.1 Å². The van der Waals surface area contributed by atoms with E-state index in [2.05, 4.69) is 12.1 Å². The molecule has 1 heterocycles. The second-order valence-electron chi connectivity index (χ2n) is 5.90. The zero-order valence-corrected chi connectivity index (χ0v) is 12.1. The molecular formula is C16H24O3. The van der Waals surface area contributed by atoms with E-state index < -0.39 is 0 Å². The molecule has 0 aromatic heterocycles. The van der Waals surface area contributed by atoms with E-state index in [-0.39, 0.29) is 11.7 Å². The summed E-state index contributed by atoms with van der Waals surface area (Å²) in [5, 5.41) is 10.1. The fourth-order valence-electron chi connectivity index (χ4n) is 2.48. The summed E-state index contributed by atoms with van der Waals surface area (Å²) in [6, 6.07) is 6.35. The maximum absolute atomic E-state index is 10.1. The van der Waals surface area contributed by atoms with Gasteiger partial charge >= 0.3 is 0 Å². The molecule has 1 aliphatic heterocycles. The van der Waals surface area contributed by atoms with Crippen molar-refractivity contribution < 1.29 is 14.6 Å². The molecule has 0 spiro atoms. The topological polar surface area (TPSA) is 38.7 Å². The van der Waals surface area contributed by atoms with Crippen LogP contribution in [0.4, 0.5) is 0 Å². The van der Waals surface area contributed by atoms with Crippen LogP contribution in [-0.2, 0) is 17.6 Å². The average molecular weight is 264 g/mol. The number of fused-ring (bicyclic) bond motifs is 1. The molecule has 1 atom stereocenters. The van der Waals surface area contributed by atoms with Crippen molar-refractivity contribution >= 4 is 0 Å². The summed E-state index contributed by atoms with van der Waals surface area (Å²) in [6.45, 7) is 4.80. The number of ether oxygens (including phenoxy) is 2. The molecule has 0 aliphatic carbocycles. The van der Waals surface area contributed by atoms with Crippen LogP contribution in [0.25, 0.3) is 0 Å². The third-order valence-corrected chi connectivity index (χ3v) is 3.80. The van der Waals surface area contributed by atoms with Crippen LogP contribution in [0.3, 0.4) is 0 Å². The number of aryl methyl sites for hydroxylation is 1. The van der Waals surface area contributed by atoms with Crippen LogP contribution >= 0.6 is 0 Å². The molecule has 2 rings (SSSR count). The molecule has 1 aromatic rings. The van der Waals surface area contributed by atoms with Gasteiger partial charge in [0.2, 0.25) is 0 Å². The van der Waals surface area contributed by atoms with Crippen molar-refractivity contribution in [3.05, 3.63) is 29.3 Å². The highest BCUT2D eigenvalue weighted by Crippen LogP contribution is 2.27. The predicted molar refractivity (Wildman–Crippen MR) is 75.7 cm³/mol. The van der Waals surface area contributed by atoms with E-state index >= 15 is 0 Å². The largest absolute Gasteiger partial charge is 0.493 e. The van der Waals surface area contributed by atoms with Crippen LogP contribution in [0, 0.1) is 0 Å². The first-order chi connectivity index (χ1) is 9.00. The number of hydrogen-bond acceptors (Lipinski definition) is 3. The van der Waals surface area contributed by atoms with Crippen molar-refractivity contribution in [1.82, 2.24) is 0 Å². The summed E-state index contributed by atoms with van der Waals surface area (Å²) in [5.74, 6) is 1.02. The Morgan fingerprint density at radius 2 is 2.21 bits per heavy atom. The standard InChI is InChI=1S/C16H24O3/c1-16(2,18-3)11-14(17)6-4-12-5-7-15-13(10-12)8-9-19-15/h5,7,10,14,17H,4,6,8-9,11H2,1-3H3. The third kappa shape index (κ3) is 3.95. The molecule has 1 aliphatic rings. The zero-order chi connectivity index (χ0) is 13.9. The zero-order valence-electron chi connectivity index (χ0n) is 12.1. The normalized spacial score (nSPS) is 16.0. The van der Waals surface area contributed by atoms with Crippen LogP contribution < -0.4 is 4.74 Å². The molecule has 0 radical (unpaired) electrons. The minimum absolute atomic E-state index is 0.259. The monoisotopic (exact) mass is 264 g/mol. The molecule has 0 bridgehead atoms. The van der Waals surface area contributed by atoms with E-state index in [0.29, 0.717) is 6.42 Å². The van der Waals surface area contributed by atoms with E-state index in [1.54, 1.807) is 7.11 Å². The third-order valence-electron chi connectivity index (χ3n) is 3.80. The maximum atomic E-state index is 10.1. The smallest absolute Gasteiger partial charge is 0.122 e. The minimum Gasteiger partial charge on any atom is -0.493 e. The number of rotatable bonds is 6. The molecule has 1 unspecified atom stereocenters. The molecule has 1 N–H and O–H groups in total. The van der Waals surface area contributed by atoms with Gasteiger partial charge in [0, 0.05) is 20.0 Å². The number of hydrogen-bond donors (Lipinski definition) is 1. The fraction of sp³-hybridized carbons (Fsp3) is 0.625. The molecule has 0 saturated heterocycles. The lowest BCUT2D eigenvalue weighted by Gasteiger charge is -2.25. The number of aliphatic hydroxyl groups excluding tert-OH is 1. The lowest BCUT2D eigenvalue weighted by Crippen LogP contribution is -2.29. The van der Waals surface area contributed by atoms with Gasteiger partial charge in [0.25, 0.3) is 0 Å². The molecule has 0 fully saturated rings. The molecular weight excluding hydrogens is 240 g/mol. The lowest BCUT2D eigenvalue weighted by atomic mass is 9.95. The Labute approximate surface area is 115 Å². The second kappa shape index (κ2) is 5.93. The summed E-state index contributed by atoms with van der Waals surface area (Å²) < 4.78 is 10.8. The highest BCUT2D eigenvalue weighted by atomic mass is 16.5. The van der Waals surface area contributed by atoms with E-state index in [4.69, 9.17) is 9.47 Å². The van der Waals surface area contributed by atoms with E-state index in [9.17, 15) is 5.11 Å². The highest BCUT2D eigenvalue weighted by molar-refractivity contribution is 5.39. The Morgan fingerprint density at radius 3 is 2.95 bits per heavy atom. The SMILES string of the molecule is COC(C)(C)CC(O)CCc1ccc2c(c1)CCO2. The number of methoxy groups -OCH3 is 1. The van der Waals surface area contributed by atoms with Gasteiger partial charge in [-0.05, 0) is 43.9 Å². The Morgan fingerprint density at radius 1 is 1.42 bits per heavy atom. The highest BCUT2D eigenvalue weighted by Gasteiger charge is 2.21. The van der Waals surface area contributed by atoms with Gasteiger partial charge < -0.3 is 14.6 Å². The van der Waals surface area contributed by atoms with Crippen LogP contribution in [0.15, 0.2) is 18.2 Å². The van der Waals surface area contributed by atoms with Crippen molar-refractivity contribution in [2.45, 2.75) is 51.2 Å². The van der Waals surface area contributed by atoms with E-state index in [1.807, 2.05) is 19.9 Å². The average Bonchev–Trinajstić information content (AvgIpc) is 2.83. The van der Waals surface area contributed by atoms with Gasteiger partial charge in [0.15, 0.2) is 0 Å². The molecule has 1 aromatic carbocycles. The first-order valence-electron chi connectivity index (χ1n) is 6.98. The molecule has 19 heavy (non-hydrogen) atoms. The predicted octanol–water partition coefficient (Wildman–Crippen LogP) is 2.73. The van der Waals surface area contributed by atoms with Gasteiger partial charge in [-0.25, -0.2) is 0 Å². The lowest BCUT2D eigenvalue weighted by molar-refractivity contribution is -0.0209. The Hall–Kier alpha value is -1.06. The molecule has 0 amide bonds. The quantitative estimate of drug-likeness (QED) is 0.858. The Kier molecular flexibility index (Phi) is 4.48. The maximum Gasteiger partial charge on any atom is 0.122 e. The molecule has 3 nitrogen and oxygen atoms in total. The summed E-state index contributed by atoms with van der Waals surface area (Å²) >= 11 is 0. The van der Waals surface area contributed by atoms with Crippen LogP contribution in [-0.4, -0.2) is 30.5 Å². The van der Waals surface area contributed by atoms with Crippen molar-refractivity contribution in [2.75, 3.05) is 13.7 Å². The van der Waals surface area contributed by atoms with Gasteiger partial charge in [-0.1, -0.05) is 12.1 Å². The van der Waals surface area contributed by atoms with Crippen molar-refractivity contribution in [2.24, 2.45) is 0 Å². The first kappa shape index (κ1) is 14.4. The summed E-state index contributed by atoms with van der Waals surface area (Å²) in [5.41, 5.74) is 2.31. The van der Waals surface area contributed by atoms with Gasteiger partial charge in [0.05, 0.1) is 18.3 Å². The van der Waals surface area contributed by atoms with Crippen molar-refractivity contribution in [3.63, 3.8) is 0 Å². The van der Waals surface area contributed by atoms with Crippen LogP contribution in [0.1, 0.15) is 37.8 Å². The molecule has 3 heteroatoms. The van der Waals surface area contributed by atoms with Gasteiger partial charge in [-0.2, -0.15) is 0 Å². The van der Waals surface area contributed by atoms with Gasteiger partial charge in [-0.3, -0.25) is 0 Å². The van der Waals surface area contributed by atoms with Crippen LogP contribution in [0.2, 0.25) is 0 Å². The summed E-state index contributed by atoms with van der Waals surface area (Å²) in [6.07, 6.45) is 3.01. The number of benzene rings is 1. The van der Waals surface area contributed by atoms with Crippen molar-refractivity contribution in [3.8, 4) is 5.75 Å². The first-order valence-corrected chi connectivity index (χ1v) is 6.98. The van der Waals surface area contributed by atoms with Gasteiger partial charge in [-0.15, -0.1) is 0 Å². The fourth-order valence-corrected chi connectivity index (χ4v) is 2.48. The second-order valence-corrected chi connectivity index (χ2v) is 5.90. The van der Waals surface area contributed by atoms with Gasteiger partial charge in [0.1, 0.15) is 5.75 Å². The summed E-state index contributed by atoms with van der Waals surface area (Å²) in [7, 11) is 1.69.